The van der Waals surface area contributed by atoms with Crippen LogP contribution >= 0.6 is 11.8 Å². The molecule has 7 nitrogen and oxygen atoms in total. The summed E-state index contributed by atoms with van der Waals surface area (Å²) >= 11 is 0.797. The molecule has 0 atom stereocenters. The Kier molecular flexibility index (Phi) is 7.07. The fourth-order valence-corrected chi connectivity index (χ4v) is 4.67. The van der Waals surface area contributed by atoms with Crippen molar-refractivity contribution >= 4 is 40.6 Å². The number of aryl methyl sites for hydroxylation is 1. The summed E-state index contributed by atoms with van der Waals surface area (Å²) in [4.78, 5) is 39.0. The SMILES string of the molecule is CCOc1ccc(NC(=O)CN2C(=O)S/C(=C/c3cc(C)n(-c4ccc(F)cc4)c3C)C2=O)cc1. The van der Waals surface area contributed by atoms with Crippen molar-refractivity contribution in [2.75, 3.05) is 18.5 Å². The molecule has 2 heterocycles. The van der Waals surface area contributed by atoms with Crippen LogP contribution in [0.3, 0.4) is 0 Å². The molecular formula is C26H24FN3O4S. The molecule has 2 aromatic carbocycles. The minimum Gasteiger partial charge on any atom is -0.494 e. The second-order valence-electron chi connectivity index (χ2n) is 7.91. The van der Waals surface area contributed by atoms with E-state index in [0.717, 1.165) is 39.3 Å². The van der Waals surface area contributed by atoms with Crippen LogP contribution in [0, 0.1) is 19.7 Å². The number of aromatic nitrogens is 1. The third-order valence-corrected chi connectivity index (χ3v) is 6.37. The Morgan fingerprint density at radius 1 is 1.09 bits per heavy atom. The van der Waals surface area contributed by atoms with E-state index in [1.807, 2.05) is 31.4 Å². The third kappa shape index (κ3) is 5.30. The predicted molar refractivity (Wildman–Crippen MR) is 134 cm³/mol. The molecule has 0 saturated carbocycles. The van der Waals surface area contributed by atoms with E-state index in [-0.39, 0.29) is 17.3 Å². The molecule has 1 aliphatic heterocycles. The number of anilines is 1. The molecule has 1 saturated heterocycles. The van der Waals surface area contributed by atoms with E-state index in [0.29, 0.717) is 18.0 Å². The number of hydrogen-bond donors (Lipinski definition) is 1. The van der Waals surface area contributed by atoms with Gasteiger partial charge >= 0.3 is 0 Å². The number of carbonyl (C=O) groups excluding carboxylic acids is 3. The second-order valence-corrected chi connectivity index (χ2v) is 8.90. The summed E-state index contributed by atoms with van der Waals surface area (Å²) in [6.07, 6.45) is 1.65. The topological polar surface area (TPSA) is 80.6 Å². The summed E-state index contributed by atoms with van der Waals surface area (Å²) < 4.78 is 20.6. The number of benzene rings is 2. The average molecular weight is 494 g/mol. The lowest BCUT2D eigenvalue weighted by atomic mass is 10.2. The van der Waals surface area contributed by atoms with E-state index in [9.17, 15) is 18.8 Å². The molecule has 35 heavy (non-hydrogen) atoms. The van der Waals surface area contributed by atoms with Gasteiger partial charge in [-0.1, -0.05) is 0 Å². The number of nitrogens with zero attached hydrogens (tertiary/aromatic N) is 2. The van der Waals surface area contributed by atoms with Crippen LogP contribution in [0.4, 0.5) is 14.9 Å². The Labute approximate surface area is 206 Å². The van der Waals surface area contributed by atoms with Crippen LogP contribution in [0.5, 0.6) is 5.75 Å². The van der Waals surface area contributed by atoms with Gasteiger partial charge in [0.25, 0.3) is 11.1 Å². The molecule has 1 fully saturated rings. The van der Waals surface area contributed by atoms with E-state index in [2.05, 4.69) is 5.32 Å². The van der Waals surface area contributed by atoms with Crippen LogP contribution in [0.25, 0.3) is 11.8 Å². The number of nitrogens with one attached hydrogen (secondary N) is 1. The van der Waals surface area contributed by atoms with Crippen LogP contribution < -0.4 is 10.1 Å². The largest absolute Gasteiger partial charge is 0.494 e. The highest BCUT2D eigenvalue weighted by Gasteiger charge is 2.36. The molecular weight excluding hydrogens is 469 g/mol. The fraction of sp³-hybridized carbons (Fsp3) is 0.192. The molecule has 0 radical (unpaired) electrons. The van der Waals surface area contributed by atoms with Crippen LogP contribution in [0.2, 0.25) is 0 Å². The lowest BCUT2D eigenvalue weighted by Crippen LogP contribution is -2.36. The van der Waals surface area contributed by atoms with Gasteiger partial charge in [0, 0.05) is 22.8 Å². The van der Waals surface area contributed by atoms with Gasteiger partial charge in [0.05, 0.1) is 11.5 Å². The first kappa shape index (κ1) is 24.3. The normalized spacial score (nSPS) is 14.6. The third-order valence-electron chi connectivity index (χ3n) is 5.47. The lowest BCUT2D eigenvalue weighted by molar-refractivity contribution is -0.127. The standard InChI is InChI=1S/C26H24FN3O4S/c1-4-34-22-11-7-20(8-12-22)28-24(31)15-29-25(32)23(35-26(29)33)14-18-13-16(2)30(17(18)3)21-9-5-19(27)6-10-21/h5-14H,4,15H2,1-3H3,(H,28,31)/b23-14+. The number of carbonyl (C=O) groups is 3. The van der Waals surface area contributed by atoms with Gasteiger partial charge in [-0.2, -0.15) is 0 Å². The Morgan fingerprint density at radius 2 is 1.77 bits per heavy atom. The van der Waals surface area contributed by atoms with Gasteiger partial charge < -0.3 is 14.6 Å². The molecule has 0 bridgehead atoms. The van der Waals surface area contributed by atoms with E-state index < -0.39 is 17.1 Å². The van der Waals surface area contributed by atoms with E-state index in [1.165, 1.54) is 12.1 Å². The number of rotatable bonds is 7. The zero-order chi connectivity index (χ0) is 25.1. The van der Waals surface area contributed by atoms with Crippen molar-refractivity contribution in [3.63, 3.8) is 0 Å². The minimum atomic E-state index is -0.520. The van der Waals surface area contributed by atoms with Gasteiger partial charge in [-0.05, 0) is 98.8 Å². The first-order chi connectivity index (χ1) is 16.8. The number of ether oxygens (including phenoxy) is 1. The van der Waals surface area contributed by atoms with Gasteiger partial charge in [-0.25, -0.2) is 4.39 Å². The molecule has 0 spiro atoms. The Morgan fingerprint density at radius 3 is 2.43 bits per heavy atom. The Bertz CT molecular complexity index is 1310. The molecule has 9 heteroatoms. The van der Waals surface area contributed by atoms with Crippen molar-refractivity contribution in [3.8, 4) is 11.4 Å². The van der Waals surface area contributed by atoms with Crippen LogP contribution in [-0.4, -0.2) is 39.7 Å². The first-order valence-corrected chi connectivity index (χ1v) is 11.8. The number of imide groups is 1. The highest BCUT2D eigenvalue weighted by atomic mass is 32.2. The van der Waals surface area contributed by atoms with Crippen molar-refractivity contribution in [1.82, 2.24) is 9.47 Å². The summed E-state index contributed by atoms with van der Waals surface area (Å²) in [6.45, 7) is 5.82. The smallest absolute Gasteiger partial charge is 0.294 e. The van der Waals surface area contributed by atoms with Gasteiger partial charge in [0.2, 0.25) is 5.91 Å². The van der Waals surface area contributed by atoms with Crippen molar-refractivity contribution in [2.45, 2.75) is 20.8 Å². The van der Waals surface area contributed by atoms with Crippen molar-refractivity contribution < 1.29 is 23.5 Å². The average Bonchev–Trinajstić information content (AvgIpc) is 3.25. The minimum absolute atomic E-state index is 0.239. The quantitative estimate of drug-likeness (QED) is 0.452. The monoisotopic (exact) mass is 493 g/mol. The molecule has 3 amide bonds. The van der Waals surface area contributed by atoms with Gasteiger partial charge in [-0.3, -0.25) is 19.3 Å². The second kappa shape index (κ2) is 10.2. The van der Waals surface area contributed by atoms with Gasteiger partial charge in [0.15, 0.2) is 0 Å². The molecule has 1 aliphatic rings. The zero-order valence-corrected chi connectivity index (χ0v) is 20.3. The number of thioether (sulfide) groups is 1. The molecule has 180 valence electrons. The Hall–Kier alpha value is -3.85. The van der Waals surface area contributed by atoms with Crippen molar-refractivity contribution in [1.29, 1.82) is 0 Å². The van der Waals surface area contributed by atoms with Crippen LogP contribution in [0.1, 0.15) is 23.9 Å². The summed E-state index contributed by atoms with van der Waals surface area (Å²) in [6, 6.07) is 14.8. The summed E-state index contributed by atoms with van der Waals surface area (Å²) in [5, 5.41) is 2.18. The maximum absolute atomic E-state index is 13.3. The van der Waals surface area contributed by atoms with E-state index in [4.69, 9.17) is 4.74 Å². The highest BCUT2D eigenvalue weighted by molar-refractivity contribution is 8.18. The molecule has 1 N–H and O–H groups in total. The highest BCUT2D eigenvalue weighted by Crippen LogP contribution is 2.33. The molecule has 1 aromatic heterocycles. The van der Waals surface area contributed by atoms with Gasteiger partial charge in [-0.15, -0.1) is 0 Å². The number of hydrogen-bond acceptors (Lipinski definition) is 5. The molecule has 3 aromatic rings. The first-order valence-electron chi connectivity index (χ1n) is 11.0. The lowest BCUT2D eigenvalue weighted by Gasteiger charge is -2.12. The number of amides is 3. The Balaban J connectivity index is 1.47. The number of halogens is 1. The molecule has 4 rings (SSSR count). The maximum Gasteiger partial charge on any atom is 0.294 e. The summed E-state index contributed by atoms with van der Waals surface area (Å²) in [7, 11) is 0. The maximum atomic E-state index is 13.3. The van der Waals surface area contributed by atoms with E-state index in [1.54, 1.807) is 42.5 Å². The zero-order valence-electron chi connectivity index (χ0n) is 19.5. The van der Waals surface area contributed by atoms with Crippen molar-refractivity contribution in [2.24, 2.45) is 0 Å². The van der Waals surface area contributed by atoms with Crippen LogP contribution in [0.15, 0.2) is 59.5 Å². The van der Waals surface area contributed by atoms with E-state index >= 15 is 0 Å². The molecule has 0 unspecified atom stereocenters. The summed E-state index contributed by atoms with van der Waals surface area (Å²) in [5.41, 5.74) is 3.83. The van der Waals surface area contributed by atoms with Gasteiger partial charge in [0.1, 0.15) is 18.1 Å². The predicted octanol–water partition coefficient (Wildman–Crippen LogP) is 5.31. The van der Waals surface area contributed by atoms with Crippen LogP contribution in [-0.2, 0) is 9.59 Å². The fourth-order valence-electron chi connectivity index (χ4n) is 3.84. The molecule has 0 aliphatic carbocycles. The van der Waals surface area contributed by atoms with Crippen molar-refractivity contribution in [3.05, 3.63) is 82.3 Å². The summed E-state index contributed by atoms with van der Waals surface area (Å²) in [5.74, 6) is -0.641.